The summed E-state index contributed by atoms with van der Waals surface area (Å²) in [7, 11) is 0. The second kappa shape index (κ2) is 6.92. The molecule has 26 heavy (non-hydrogen) atoms. The molecule has 4 aromatic rings. The van der Waals surface area contributed by atoms with Crippen LogP contribution in [0.15, 0.2) is 48.9 Å². The normalized spacial score (nSPS) is 12.9. The number of benzene rings is 1. The maximum absolute atomic E-state index is 13.1. The predicted octanol–water partition coefficient (Wildman–Crippen LogP) is 4.87. The summed E-state index contributed by atoms with van der Waals surface area (Å²) in [6.07, 6.45) is 1.56. The number of thiophene rings is 1. The van der Waals surface area contributed by atoms with Crippen LogP contribution in [0.1, 0.15) is 24.2 Å². The van der Waals surface area contributed by atoms with E-state index in [2.05, 4.69) is 36.8 Å². The Balaban J connectivity index is 1.94. The number of aliphatic hydroxyl groups excluding tert-OH is 1. The van der Waals surface area contributed by atoms with Crippen molar-refractivity contribution in [2.45, 2.75) is 19.4 Å². The standard InChI is InChI=1S/C18H14Br2N2O3S/c1-9(7-23)14-12(19)4-3-11-15-17(26-16(11)14)21-8-22(18(15)24)6-10-2-5-13(20)25-10/h2-5,8-9,23H,6-7H2,1H3. The highest BCUT2D eigenvalue weighted by molar-refractivity contribution is 9.10. The summed E-state index contributed by atoms with van der Waals surface area (Å²) in [5, 5.41) is 11.1. The van der Waals surface area contributed by atoms with Crippen molar-refractivity contribution in [3.63, 3.8) is 0 Å². The molecule has 8 heteroatoms. The van der Waals surface area contributed by atoms with Crippen LogP contribution in [-0.2, 0) is 6.54 Å². The lowest BCUT2D eigenvalue weighted by molar-refractivity contribution is 0.273. The Kier molecular flexibility index (Phi) is 4.77. The predicted molar refractivity (Wildman–Crippen MR) is 110 cm³/mol. The van der Waals surface area contributed by atoms with Crippen molar-refractivity contribution in [3.8, 4) is 0 Å². The van der Waals surface area contributed by atoms with Crippen LogP contribution in [0, 0.1) is 0 Å². The van der Waals surface area contributed by atoms with Gasteiger partial charge in [-0.15, -0.1) is 11.3 Å². The zero-order valence-corrected chi connectivity index (χ0v) is 17.7. The van der Waals surface area contributed by atoms with Crippen molar-refractivity contribution in [1.29, 1.82) is 0 Å². The van der Waals surface area contributed by atoms with Gasteiger partial charge in [0.1, 0.15) is 10.6 Å². The van der Waals surface area contributed by atoms with Gasteiger partial charge in [0.25, 0.3) is 5.56 Å². The minimum absolute atomic E-state index is 0.0381. The van der Waals surface area contributed by atoms with E-state index >= 15 is 0 Å². The Morgan fingerprint density at radius 3 is 2.81 bits per heavy atom. The molecule has 0 aliphatic carbocycles. The van der Waals surface area contributed by atoms with E-state index in [0.29, 0.717) is 27.2 Å². The lowest BCUT2D eigenvalue weighted by Gasteiger charge is -2.11. The Bertz CT molecular complexity index is 1180. The van der Waals surface area contributed by atoms with Crippen molar-refractivity contribution in [2.75, 3.05) is 6.61 Å². The highest BCUT2D eigenvalue weighted by Crippen LogP contribution is 2.39. The highest BCUT2D eigenvalue weighted by atomic mass is 79.9. The number of aliphatic hydroxyl groups is 1. The molecule has 1 N–H and O–H groups in total. The van der Waals surface area contributed by atoms with Crippen LogP contribution in [0.5, 0.6) is 0 Å². The minimum atomic E-state index is -0.0984. The Morgan fingerprint density at radius 2 is 2.12 bits per heavy atom. The third-order valence-corrected chi connectivity index (χ3v) is 6.60. The van der Waals surface area contributed by atoms with E-state index in [4.69, 9.17) is 4.42 Å². The molecule has 0 saturated carbocycles. The molecule has 0 aliphatic rings. The molecule has 3 heterocycles. The molecule has 5 nitrogen and oxygen atoms in total. The van der Waals surface area contributed by atoms with E-state index in [-0.39, 0.29) is 18.1 Å². The van der Waals surface area contributed by atoms with Gasteiger partial charge in [-0.25, -0.2) is 4.98 Å². The van der Waals surface area contributed by atoms with Gasteiger partial charge in [0.2, 0.25) is 0 Å². The van der Waals surface area contributed by atoms with Crippen LogP contribution in [0.25, 0.3) is 20.3 Å². The molecule has 0 amide bonds. The molecule has 0 aliphatic heterocycles. The van der Waals surface area contributed by atoms with Gasteiger partial charge in [0.15, 0.2) is 4.67 Å². The second-order valence-corrected chi connectivity index (χ2v) is 8.72. The van der Waals surface area contributed by atoms with Crippen molar-refractivity contribution >= 4 is 63.5 Å². The molecule has 4 rings (SSSR count). The Hall–Kier alpha value is -1.48. The minimum Gasteiger partial charge on any atom is -0.452 e. The molecule has 134 valence electrons. The smallest absolute Gasteiger partial charge is 0.263 e. The van der Waals surface area contributed by atoms with Crippen molar-refractivity contribution in [1.82, 2.24) is 9.55 Å². The summed E-state index contributed by atoms with van der Waals surface area (Å²) in [5.41, 5.74) is 0.910. The average molecular weight is 498 g/mol. The zero-order valence-electron chi connectivity index (χ0n) is 13.7. The summed E-state index contributed by atoms with van der Waals surface area (Å²) in [5.74, 6) is 0.640. The lowest BCUT2D eigenvalue weighted by Crippen LogP contribution is -2.20. The van der Waals surface area contributed by atoms with Crippen LogP contribution < -0.4 is 5.56 Å². The van der Waals surface area contributed by atoms with Gasteiger partial charge in [0.05, 0.1) is 18.3 Å². The van der Waals surface area contributed by atoms with Gasteiger partial charge in [-0.05, 0) is 39.7 Å². The largest absolute Gasteiger partial charge is 0.452 e. The maximum atomic E-state index is 13.1. The van der Waals surface area contributed by atoms with Crippen molar-refractivity contribution in [2.24, 2.45) is 0 Å². The zero-order chi connectivity index (χ0) is 18.4. The van der Waals surface area contributed by atoms with E-state index < -0.39 is 0 Å². The molecule has 0 radical (unpaired) electrons. The van der Waals surface area contributed by atoms with Gasteiger partial charge < -0.3 is 9.52 Å². The number of nitrogens with zero attached hydrogens (tertiary/aromatic N) is 2. The molecule has 0 fully saturated rings. The van der Waals surface area contributed by atoms with Gasteiger partial charge in [0, 0.05) is 27.1 Å². The third kappa shape index (κ3) is 2.94. The molecule has 1 unspecified atom stereocenters. The van der Waals surface area contributed by atoms with Crippen LogP contribution >= 0.6 is 43.2 Å². The van der Waals surface area contributed by atoms with E-state index in [1.54, 1.807) is 17.0 Å². The molecule has 0 bridgehead atoms. The second-order valence-electron chi connectivity index (χ2n) is 6.09. The maximum Gasteiger partial charge on any atom is 0.263 e. The molecule has 0 saturated heterocycles. The van der Waals surface area contributed by atoms with E-state index in [9.17, 15) is 9.90 Å². The molecule has 3 aromatic heterocycles. The van der Waals surface area contributed by atoms with E-state index in [1.165, 1.54) is 11.3 Å². The Morgan fingerprint density at radius 1 is 1.31 bits per heavy atom. The summed E-state index contributed by atoms with van der Waals surface area (Å²) in [6.45, 7) is 2.32. The van der Waals surface area contributed by atoms with Crippen LogP contribution in [0.3, 0.4) is 0 Å². The molecule has 1 atom stereocenters. The summed E-state index contributed by atoms with van der Waals surface area (Å²) in [6, 6.07) is 7.48. The lowest BCUT2D eigenvalue weighted by atomic mass is 10.00. The SMILES string of the molecule is CC(CO)c1c(Br)ccc2c1sc1ncn(Cc3ccc(Br)o3)c(=O)c12. The average Bonchev–Trinajstić information content (AvgIpc) is 3.20. The quantitative estimate of drug-likeness (QED) is 0.436. The fourth-order valence-corrected chi connectivity index (χ4v) is 5.51. The van der Waals surface area contributed by atoms with Gasteiger partial charge in [-0.3, -0.25) is 9.36 Å². The van der Waals surface area contributed by atoms with Gasteiger partial charge >= 0.3 is 0 Å². The fourth-order valence-electron chi connectivity index (χ4n) is 3.03. The summed E-state index contributed by atoms with van der Waals surface area (Å²) in [4.78, 5) is 18.3. The summed E-state index contributed by atoms with van der Waals surface area (Å²) < 4.78 is 9.60. The number of fused-ring (bicyclic) bond motifs is 3. The van der Waals surface area contributed by atoms with Crippen molar-refractivity contribution in [3.05, 3.63) is 61.4 Å². The first-order valence-electron chi connectivity index (χ1n) is 7.94. The first-order chi connectivity index (χ1) is 12.5. The van der Waals surface area contributed by atoms with Crippen LogP contribution in [0.2, 0.25) is 0 Å². The number of furan rings is 1. The van der Waals surface area contributed by atoms with Gasteiger partial charge in [-0.2, -0.15) is 0 Å². The van der Waals surface area contributed by atoms with Gasteiger partial charge in [-0.1, -0.05) is 28.9 Å². The Labute approximate surface area is 169 Å². The number of aromatic nitrogens is 2. The number of rotatable bonds is 4. The topological polar surface area (TPSA) is 68.3 Å². The number of hydrogen-bond donors (Lipinski definition) is 1. The molecular formula is C18H14Br2N2O3S. The monoisotopic (exact) mass is 496 g/mol. The number of hydrogen-bond acceptors (Lipinski definition) is 5. The molecular weight excluding hydrogens is 484 g/mol. The highest BCUT2D eigenvalue weighted by Gasteiger charge is 2.19. The first kappa shape index (κ1) is 17.9. The fraction of sp³-hybridized carbons (Fsp3) is 0.222. The van der Waals surface area contributed by atoms with E-state index in [1.807, 2.05) is 25.1 Å². The third-order valence-electron chi connectivity index (χ3n) is 4.34. The van der Waals surface area contributed by atoms with Crippen LogP contribution in [-0.4, -0.2) is 21.3 Å². The van der Waals surface area contributed by atoms with Crippen LogP contribution in [0.4, 0.5) is 0 Å². The van der Waals surface area contributed by atoms with Crippen molar-refractivity contribution < 1.29 is 9.52 Å². The number of halogens is 2. The molecule has 1 aromatic carbocycles. The summed E-state index contributed by atoms with van der Waals surface area (Å²) >= 11 is 8.33. The first-order valence-corrected chi connectivity index (χ1v) is 10.3. The molecule has 0 spiro atoms. The van der Waals surface area contributed by atoms with E-state index in [0.717, 1.165) is 20.1 Å².